The van der Waals surface area contributed by atoms with Crippen LogP contribution in [0.1, 0.15) is 124 Å². The van der Waals surface area contributed by atoms with Gasteiger partial charge in [-0.05, 0) is 53.2 Å². The summed E-state index contributed by atoms with van der Waals surface area (Å²) >= 11 is 0. The summed E-state index contributed by atoms with van der Waals surface area (Å²) in [6.45, 7) is 12.6. The second-order valence-corrected chi connectivity index (χ2v) is 12.4. The highest BCUT2D eigenvalue weighted by molar-refractivity contribution is 5.58. The summed E-state index contributed by atoms with van der Waals surface area (Å²) < 4.78 is 52.5. The maximum Gasteiger partial charge on any atom is 0.433 e. The van der Waals surface area contributed by atoms with Gasteiger partial charge in [0, 0.05) is 60.7 Å². The second kappa shape index (κ2) is 7.76. The molecule has 6 rings (SSSR count). The number of halogens is 3. The molecule has 2 spiro atoms. The third-order valence-corrected chi connectivity index (χ3v) is 9.34. The lowest BCUT2D eigenvalue weighted by Crippen LogP contribution is -2.40. The Labute approximate surface area is 211 Å². The highest BCUT2D eigenvalue weighted by Gasteiger charge is 2.60. The van der Waals surface area contributed by atoms with E-state index < -0.39 is 23.6 Å². The number of hydrogen-bond acceptors (Lipinski definition) is 4. The fourth-order valence-corrected chi connectivity index (χ4v) is 7.10. The fourth-order valence-electron chi connectivity index (χ4n) is 7.10. The van der Waals surface area contributed by atoms with E-state index in [4.69, 9.17) is 14.5 Å². The van der Waals surface area contributed by atoms with Gasteiger partial charge in [0.15, 0.2) is 0 Å². The third kappa shape index (κ3) is 3.48. The summed E-state index contributed by atoms with van der Waals surface area (Å²) in [5.41, 5.74) is 5.51. The van der Waals surface area contributed by atoms with Gasteiger partial charge in [-0.25, -0.2) is 0 Å². The van der Waals surface area contributed by atoms with Gasteiger partial charge in [-0.15, -0.1) is 0 Å². The molecular formula is C29H35F3N2O2. The Morgan fingerprint density at radius 1 is 1.03 bits per heavy atom. The van der Waals surface area contributed by atoms with Crippen LogP contribution >= 0.6 is 0 Å². The van der Waals surface area contributed by atoms with E-state index in [1.165, 1.54) is 29.1 Å². The minimum absolute atomic E-state index is 0.125. The molecule has 1 saturated carbocycles. The van der Waals surface area contributed by atoms with Gasteiger partial charge in [-0.1, -0.05) is 40.7 Å². The van der Waals surface area contributed by atoms with Crippen molar-refractivity contribution >= 4 is 0 Å². The van der Waals surface area contributed by atoms with Gasteiger partial charge in [0.25, 0.3) is 0 Å². The summed E-state index contributed by atoms with van der Waals surface area (Å²) in [4.78, 5) is 9.18. The van der Waals surface area contributed by atoms with Crippen molar-refractivity contribution in [2.45, 2.75) is 102 Å². The lowest BCUT2D eigenvalue weighted by molar-refractivity contribution is -0.141. The SMILES string of the molecule is CC(C)c1nc2c(c3c1[C@@H](c1ccc(C(F)(F)F)nc1)OC31CCOCC1)C1(CC1)CC(C)(C)[C@@H]2C. The zero-order chi connectivity index (χ0) is 25.7. The average Bonchev–Trinajstić information content (AvgIpc) is 3.52. The number of aromatic nitrogens is 2. The molecule has 0 radical (unpaired) electrons. The maximum absolute atomic E-state index is 13.3. The molecule has 2 aliphatic carbocycles. The minimum atomic E-state index is -4.47. The molecule has 194 valence electrons. The molecule has 0 N–H and O–H groups in total. The largest absolute Gasteiger partial charge is 0.433 e. The maximum atomic E-state index is 13.3. The number of pyridine rings is 2. The molecule has 7 heteroatoms. The summed E-state index contributed by atoms with van der Waals surface area (Å²) in [5.74, 6) is 0.463. The predicted octanol–water partition coefficient (Wildman–Crippen LogP) is 7.31. The van der Waals surface area contributed by atoms with Crippen LogP contribution in [0.4, 0.5) is 13.2 Å². The van der Waals surface area contributed by atoms with E-state index in [2.05, 4.69) is 39.6 Å². The second-order valence-electron chi connectivity index (χ2n) is 12.4. The summed E-state index contributed by atoms with van der Waals surface area (Å²) in [7, 11) is 0. The first-order chi connectivity index (χ1) is 16.9. The summed E-state index contributed by atoms with van der Waals surface area (Å²) in [5, 5.41) is 0. The third-order valence-electron chi connectivity index (χ3n) is 9.34. The van der Waals surface area contributed by atoms with E-state index in [9.17, 15) is 13.2 Å². The predicted molar refractivity (Wildman–Crippen MR) is 130 cm³/mol. The average molecular weight is 501 g/mol. The van der Waals surface area contributed by atoms with E-state index in [0.29, 0.717) is 24.7 Å². The van der Waals surface area contributed by atoms with Crippen molar-refractivity contribution in [3.05, 3.63) is 57.7 Å². The van der Waals surface area contributed by atoms with Crippen molar-refractivity contribution in [1.82, 2.24) is 9.97 Å². The van der Waals surface area contributed by atoms with Gasteiger partial charge < -0.3 is 9.47 Å². The van der Waals surface area contributed by atoms with Crippen LogP contribution in [-0.2, 0) is 26.7 Å². The number of rotatable bonds is 2. The summed E-state index contributed by atoms with van der Waals surface area (Å²) in [6, 6.07) is 2.60. The Bertz CT molecular complexity index is 1190. The highest BCUT2D eigenvalue weighted by atomic mass is 19.4. The number of hydrogen-bond donors (Lipinski definition) is 0. The quantitative estimate of drug-likeness (QED) is 0.434. The van der Waals surface area contributed by atoms with E-state index in [-0.39, 0.29) is 16.7 Å². The van der Waals surface area contributed by atoms with Crippen LogP contribution in [0.2, 0.25) is 0 Å². The van der Waals surface area contributed by atoms with E-state index >= 15 is 0 Å². The zero-order valence-corrected chi connectivity index (χ0v) is 21.8. The van der Waals surface area contributed by atoms with Gasteiger partial charge in [-0.2, -0.15) is 13.2 Å². The molecule has 2 atom stereocenters. The van der Waals surface area contributed by atoms with Crippen LogP contribution in [-0.4, -0.2) is 23.2 Å². The Morgan fingerprint density at radius 3 is 2.28 bits per heavy atom. The Kier molecular flexibility index (Phi) is 5.25. The molecule has 1 saturated heterocycles. The Morgan fingerprint density at radius 2 is 1.72 bits per heavy atom. The van der Waals surface area contributed by atoms with E-state index in [0.717, 1.165) is 49.4 Å². The molecule has 0 unspecified atom stereocenters. The van der Waals surface area contributed by atoms with Gasteiger partial charge in [-0.3, -0.25) is 9.97 Å². The van der Waals surface area contributed by atoms with Crippen molar-refractivity contribution in [1.29, 1.82) is 0 Å². The molecule has 2 fully saturated rings. The van der Waals surface area contributed by atoms with Crippen LogP contribution in [0.5, 0.6) is 0 Å². The topological polar surface area (TPSA) is 44.2 Å². The Hall–Kier alpha value is -1.99. The summed E-state index contributed by atoms with van der Waals surface area (Å²) in [6.07, 6.45) is 1.32. The van der Waals surface area contributed by atoms with Crippen molar-refractivity contribution in [2.24, 2.45) is 5.41 Å². The molecule has 2 aromatic rings. The highest BCUT2D eigenvalue weighted by Crippen LogP contribution is 2.67. The van der Waals surface area contributed by atoms with E-state index in [1.54, 1.807) is 0 Å². The zero-order valence-electron chi connectivity index (χ0n) is 21.8. The van der Waals surface area contributed by atoms with Gasteiger partial charge in [0.2, 0.25) is 0 Å². The number of fused-ring (bicyclic) bond motifs is 5. The first-order valence-corrected chi connectivity index (χ1v) is 13.3. The molecule has 0 aromatic carbocycles. The fraction of sp³-hybridized carbons (Fsp3) is 0.655. The molecule has 4 nitrogen and oxygen atoms in total. The van der Waals surface area contributed by atoms with Crippen LogP contribution in [0.3, 0.4) is 0 Å². The van der Waals surface area contributed by atoms with Crippen molar-refractivity contribution in [3.63, 3.8) is 0 Å². The van der Waals surface area contributed by atoms with Crippen LogP contribution in [0.15, 0.2) is 18.3 Å². The standard InChI is InChI=1S/C29H35F3N2O2/c1-16(2)23-20-21(22-24(34-23)17(3)26(4,5)15-27(22)8-9-27)28(10-12-35-13-11-28)36-25(20)18-6-7-19(33-14-18)29(30,31)32/h6-7,14,16-17,25H,8-13,15H2,1-5H3/t17-,25-/m1/s1. The van der Waals surface area contributed by atoms with Gasteiger partial charge >= 0.3 is 6.18 Å². The van der Waals surface area contributed by atoms with Gasteiger partial charge in [0.05, 0.1) is 5.60 Å². The van der Waals surface area contributed by atoms with Crippen molar-refractivity contribution in [3.8, 4) is 0 Å². The Balaban J connectivity index is 1.61. The first-order valence-electron chi connectivity index (χ1n) is 13.3. The molecule has 36 heavy (non-hydrogen) atoms. The minimum Gasteiger partial charge on any atom is -0.381 e. The number of nitrogens with zero attached hydrogens (tertiary/aromatic N) is 2. The smallest absolute Gasteiger partial charge is 0.381 e. The molecule has 4 heterocycles. The molecule has 2 aliphatic heterocycles. The van der Waals surface area contributed by atoms with Crippen molar-refractivity contribution < 1.29 is 22.6 Å². The van der Waals surface area contributed by atoms with Crippen LogP contribution in [0.25, 0.3) is 0 Å². The number of alkyl halides is 3. The van der Waals surface area contributed by atoms with Gasteiger partial charge in [0.1, 0.15) is 11.8 Å². The van der Waals surface area contributed by atoms with Crippen LogP contribution < -0.4 is 0 Å². The molecule has 0 amide bonds. The monoisotopic (exact) mass is 500 g/mol. The molecule has 2 aromatic heterocycles. The molecular weight excluding hydrogens is 465 g/mol. The first kappa shape index (κ1) is 24.4. The van der Waals surface area contributed by atoms with Crippen molar-refractivity contribution in [2.75, 3.05) is 13.2 Å². The normalized spacial score (nSPS) is 27.4. The van der Waals surface area contributed by atoms with Crippen LogP contribution in [0, 0.1) is 5.41 Å². The number of ether oxygens (including phenoxy) is 2. The lowest BCUT2D eigenvalue weighted by Gasteiger charge is -2.45. The van der Waals surface area contributed by atoms with E-state index in [1.807, 2.05) is 0 Å². The molecule has 4 aliphatic rings. The lowest BCUT2D eigenvalue weighted by atomic mass is 9.60. The molecule has 0 bridgehead atoms.